The van der Waals surface area contributed by atoms with Crippen LogP contribution in [0.15, 0.2) is 79.4 Å². The number of nitrogens with zero attached hydrogens (tertiary/aromatic N) is 2. The number of fused-ring (bicyclic) bond motifs is 5. The Kier molecular flexibility index (Phi) is 4.77. The van der Waals surface area contributed by atoms with E-state index in [-0.39, 0.29) is 0 Å². The number of aromatic nitrogens is 4. The molecule has 2 aliphatic heterocycles. The summed E-state index contributed by atoms with van der Waals surface area (Å²) < 4.78 is 0. The van der Waals surface area contributed by atoms with Gasteiger partial charge in [-0.15, -0.1) is 0 Å². The maximum absolute atomic E-state index is 4.58. The zero-order valence-corrected chi connectivity index (χ0v) is 16.8. The zero-order valence-electron chi connectivity index (χ0n) is 16.8. The zero-order chi connectivity index (χ0) is 20.3. The molecule has 0 unspecified atom stereocenters. The highest BCUT2D eigenvalue weighted by Crippen LogP contribution is 2.35. The highest BCUT2D eigenvalue weighted by atomic mass is 15.0. The number of pyridine rings is 2. The Morgan fingerprint density at radius 2 is 1.87 bits per heavy atom. The van der Waals surface area contributed by atoms with Crippen molar-refractivity contribution in [3.8, 4) is 11.1 Å². The van der Waals surface area contributed by atoms with Gasteiger partial charge >= 0.3 is 0 Å². The number of aryl methyl sites for hydroxylation is 1. The fourth-order valence-corrected chi connectivity index (χ4v) is 3.99. The maximum Gasteiger partial charge on any atom is 0.138 e. The van der Waals surface area contributed by atoms with E-state index in [9.17, 15) is 0 Å². The molecule has 4 heterocycles. The second-order valence-corrected chi connectivity index (χ2v) is 7.43. The van der Waals surface area contributed by atoms with Crippen molar-refractivity contribution in [2.45, 2.75) is 13.3 Å². The lowest BCUT2D eigenvalue weighted by Crippen LogP contribution is -2.05. The maximum atomic E-state index is 4.58. The van der Waals surface area contributed by atoms with E-state index in [0.717, 1.165) is 46.3 Å². The SMILES string of the molecule is Cc1cc(NCCc2ccccc2)[nH]cc2c3ccncc3[nH]c3ncccc3c1-2. The molecule has 0 bridgehead atoms. The van der Waals surface area contributed by atoms with Crippen molar-refractivity contribution in [1.29, 1.82) is 0 Å². The van der Waals surface area contributed by atoms with E-state index in [1.807, 2.05) is 36.8 Å². The van der Waals surface area contributed by atoms with Crippen molar-refractivity contribution in [2.24, 2.45) is 0 Å². The molecule has 2 aromatic heterocycles. The standard InChI is InChI=1S/C25H23N5/c1-17-14-23(27-13-9-18-6-3-2-4-7-18)29-15-21-19-10-12-26-16-22(19)30-25-20(24(17)21)8-5-11-28-25/h2-8,10-12,14-16,27,29H,9,13H2,1H3,(H,28,30). The Morgan fingerprint density at radius 1 is 0.967 bits per heavy atom. The molecule has 0 saturated heterocycles. The Hall–Kier alpha value is -3.86. The predicted octanol–water partition coefficient (Wildman–Crippen LogP) is 5.63. The summed E-state index contributed by atoms with van der Waals surface area (Å²) in [6, 6.07) is 18.8. The third-order valence-electron chi connectivity index (χ3n) is 5.41. The molecular weight excluding hydrogens is 370 g/mol. The van der Waals surface area contributed by atoms with Crippen LogP contribution in [0, 0.1) is 6.92 Å². The van der Waals surface area contributed by atoms with Gasteiger partial charge in [0.2, 0.25) is 0 Å². The molecule has 3 aromatic rings. The minimum atomic E-state index is 0.846. The van der Waals surface area contributed by atoms with Crippen molar-refractivity contribution in [3.63, 3.8) is 0 Å². The highest BCUT2D eigenvalue weighted by Gasteiger charge is 2.13. The van der Waals surface area contributed by atoms with Crippen LogP contribution in [0.5, 0.6) is 0 Å². The molecule has 0 aliphatic carbocycles. The van der Waals surface area contributed by atoms with Crippen LogP contribution in [0.3, 0.4) is 0 Å². The van der Waals surface area contributed by atoms with Gasteiger partial charge < -0.3 is 15.3 Å². The van der Waals surface area contributed by atoms with E-state index in [4.69, 9.17) is 0 Å². The molecule has 0 fully saturated rings. The van der Waals surface area contributed by atoms with E-state index in [1.165, 1.54) is 16.7 Å². The molecule has 0 atom stereocenters. The second-order valence-electron chi connectivity index (χ2n) is 7.43. The van der Waals surface area contributed by atoms with E-state index in [2.05, 4.69) is 74.8 Å². The second kappa shape index (κ2) is 7.87. The van der Waals surface area contributed by atoms with Crippen molar-refractivity contribution in [2.75, 3.05) is 11.9 Å². The molecule has 5 nitrogen and oxygen atoms in total. The summed E-state index contributed by atoms with van der Waals surface area (Å²) in [7, 11) is 0. The van der Waals surface area contributed by atoms with Gasteiger partial charge in [0.25, 0.3) is 0 Å². The fraction of sp³-hybridized carbons (Fsp3) is 0.120. The lowest BCUT2D eigenvalue weighted by Gasteiger charge is -2.05. The number of nitrogens with one attached hydrogen (secondary N) is 3. The lowest BCUT2D eigenvalue weighted by atomic mass is 9.99. The first kappa shape index (κ1) is 18.2. The van der Waals surface area contributed by atoms with Crippen LogP contribution < -0.4 is 5.32 Å². The Morgan fingerprint density at radius 3 is 2.77 bits per heavy atom. The van der Waals surface area contributed by atoms with Crippen LogP contribution in [0.4, 0.5) is 5.82 Å². The van der Waals surface area contributed by atoms with Crippen molar-refractivity contribution in [1.82, 2.24) is 19.9 Å². The largest absolute Gasteiger partial charge is 0.371 e. The predicted molar refractivity (Wildman–Crippen MR) is 123 cm³/mol. The van der Waals surface area contributed by atoms with E-state index in [0.29, 0.717) is 0 Å². The summed E-state index contributed by atoms with van der Waals surface area (Å²) in [6.45, 7) is 3.01. The molecular formula is C25H23N5. The smallest absolute Gasteiger partial charge is 0.138 e. The van der Waals surface area contributed by atoms with Gasteiger partial charge in [-0.25, -0.2) is 4.98 Å². The van der Waals surface area contributed by atoms with Gasteiger partial charge in [0.15, 0.2) is 0 Å². The highest BCUT2D eigenvalue weighted by molar-refractivity contribution is 6.05. The molecule has 5 rings (SSSR count). The quantitative estimate of drug-likeness (QED) is 0.370. The van der Waals surface area contributed by atoms with Crippen molar-refractivity contribution in [3.05, 3.63) is 90.5 Å². The molecule has 2 aliphatic rings. The van der Waals surface area contributed by atoms with E-state index < -0.39 is 0 Å². The monoisotopic (exact) mass is 393 g/mol. The average Bonchev–Trinajstić information content (AvgIpc) is 3.02. The van der Waals surface area contributed by atoms with Gasteiger partial charge in [-0.1, -0.05) is 30.3 Å². The molecule has 0 spiro atoms. The number of rotatable bonds is 4. The first-order valence-electron chi connectivity index (χ1n) is 10.1. The number of anilines is 1. The van der Waals surface area contributed by atoms with Gasteiger partial charge in [-0.2, -0.15) is 0 Å². The molecule has 30 heavy (non-hydrogen) atoms. The Bertz CT molecular complexity index is 1330. The number of hydrogen-bond donors (Lipinski definition) is 3. The van der Waals surface area contributed by atoms with Crippen LogP contribution in [0.1, 0.15) is 11.1 Å². The minimum Gasteiger partial charge on any atom is -0.371 e. The van der Waals surface area contributed by atoms with Crippen LogP contribution in [0.25, 0.3) is 33.1 Å². The van der Waals surface area contributed by atoms with Crippen LogP contribution >= 0.6 is 0 Å². The number of benzene rings is 1. The van der Waals surface area contributed by atoms with Gasteiger partial charge in [-0.05, 0) is 54.3 Å². The third-order valence-corrected chi connectivity index (χ3v) is 5.41. The van der Waals surface area contributed by atoms with Crippen molar-refractivity contribution < 1.29 is 0 Å². The molecule has 1 aromatic carbocycles. The number of hydrogen-bond acceptors (Lipinski definition) is 3. The lowest BCUT2D eigenvalue weighted by molar-refractivity contribution is 1.01. The number of H-pyrrole nitrogens is 2. The molecule has 148 valence electrons. The first-order chi connectivity index (χ1) is 14.8. The summed E-state index contributed by atoms with van der Waals surface area (Å²) in [5, 5.41) is 5.73. The van der Waals surface area contributed by atoms with Gasteiger partial charge in [0, 0.05) is 41.5 Å². The van der Waals surface area contributed by atoms with Crippen LogP contribution in [0.2, 0.25) is 0 Å². The Labute approximate surface area is 174 Å². The topological polar surface area (TPSA) is 69.4 Å². The third kappa shape index (κ3) is 3.46. The Balaban J connectivity index is 1.64. The average molecular weight is 393 g/mol. The van der Waals surface area contributed by atoms with Crippen molar-refractivity contribution >= 4 is 27.8 Å². The summed E-state index contributed by atoms with van der Waals surface area (Å²) in [5.74, 6) is 0.991. The molecule has 5 heteroatoms. The minimum absolute atomic E-state index is 0.846. The summed E-state index contributed by atoms with van der Waals surface area (Å²) >= 11 is 0. The normalized spacial score (nSPS) is 11.1. The number of aromatic amines is 2. The van der Waals surface area contributed by atoms with Crippen LogP contribution in [-0.2, 0) is 6.42 Å². The fourth-order valence-electron chi connectivity index (χ4n) is 3.99. The van der Waals surface area contributed by atoms with Gasteiger partial charge in [0.05, 0.1) is 11.7 Å². The van der Waals surface area contributed by atoms with Crippen LogP contribution in [-0.4, -0.2) is 26.5 Å². The summed E-state index contributed by atoms with van der Waals surface area (Å²) in [5.41, 5.74) is 6.59. The molecule has 0 saturated carbocycles. The summed E-state index contributed by atoms with van der Waals surface area (Å²) in [6.07, 6.45) is 8.54. The summed E-state index contributed by atoms with van der Waals surface area (Å²) in [4.78, 5) is 15.8. The molecule has 0 amide bonds. The van der Waals surface area contributed by atoms with E-state index in [1.54, 1.807) is 0 Å². The first-order valence-corrected chi connectivity index (χ1v) is 10.1. The van der Waals surface area contributed by atoms with Gasteiger partial charge in [-0.3, -0.25) is 4.98 Å². The molecule has 3 N–H and O–H groups in total. The van der Waals surface area contributed by atoms with Gasteiger partial charge in [0.1, 0.15) is 11.5 Å². The van der Waals surface area contributed by atoms with E-state index >= 15 is 0 Å². The molecule has 0 radical (unpaired) electrons.